The normalized spacial score (nSPS) is 23.5. The molecular formula is C17H24ClNO3S. The first-order valence-electron chi connectivity index (χ1n) is 7.68. The molecule has 0 radical (unpaired) electrons. The molecule has 2 rings (SSSR count). The number of hydrogen-bond donors (Lipinski definition) is 0. The van der Waals surface area contributed by atoms with Crippen molar-refractivity contribution >= 4 is 28.7 Å². The maximum atomic E-state index is 12.5. The van der Waals surface area contributed by atoms with Crippen molar-refractivity contribution in [2.24, 2.45) is 10.3 Å². The van der Waals surface area contributed by atoms with Crippen molar-refractivity contribution in [2.45, 2.75) is 44.5 Å². The summed E-state index contributed by atoms with van der Waals surface area (Å²) >= 11 is 4.68. The number of benzene rings is 1. The van der Waals surface area contributed by atoms with Crippen LogP contribution in [-0.4, -0.2) is 35.0 Å². The molecule has 0 heterocycles. The lowest BCUT2D eigenvalue weighted by Crippen LogP contribution is -2.38. The highest BCUT2D eigenvalue weighted by Gasteiger charge is 2.37. The second-order valence-corrected chi connectivity index (χ2v) is 9.05. The monoisotopic (exact) mass is 357 g/mol. The number of nitrogens with zero attached hydrogens (tertiary/aromatic N) is 1. The van der Waals surface area contributed by atoms with Crippen molar-refractivity contribution in [1.82, 2.24) is 0 Å². The van der Waals surface area contributed by atoms with E-state index in [9.17, 15) is 4.55 Å². The highest BCUT2D eigenvalue weighted by Crippen LogP contribution is 2.35. The fourth-order valence-corrected chi connectivity index (χ4v) is 3.13. The van der Waals surface area contributed by atoms with Gasteiger partial charge in [0.05, 0.1) is 6.10 Å². The van der Waals surface area contributed by atoms with E-state index in [1.54, 1.807) is 7.11 Å². The summed E-state index contributed by atoms with van der Waals surface area (Å²) in [7, 11) is 1.61. The standard InChI is InChI=1S/C17H24ClNO3S/c1-17(2,3)23(20)19-16(12-5-7-14(18)8-6-12)13-9-15(10-13)22-11-21-4/h5-8,13,15H,9-11H2,1-4H3/t13-,15-,23-/m0/s1. The molecule has 1 aromatic rings. The van der Waals surface area contributed by atoms with Gasteiger partial charge >= 0.3 is 0 Å². The van der Waals surface area contributed by atoms with E-state index in [0.29, 0.717) is 11.8 Å². The van der Waals surface area contributed by atoms with Gasteiger partial charge in [-0.15, -0.1) is 0 Å². The Morgan fingerprint density at radius 1 is 1.30 bits per heavy atom. The summed E-state index contributed by atoms with van der Waals surface area (Å²) in [6.07, 6.45) is 1.92. The minimum atomic E-state index is -1.29. The SMILES string of the molecule is COCO[C@H]1C[C@H](C(=N[S@@+]([O-])C(C)(C)C)c2ccc(Cl)cc2)C1. The maximum absolute atomic E-state index is 12.5. The molecule has 0 aliphatic heterocycles. The Bertz CT molecular complexity index is 536. The molecule has 0 bridgehead atoms. The summed E-state index contributed by atoms with van der Waals surface area (Å²) in [6.45, 7) is 6.09. The molecule has 1 saturated carbocycles. The molecule has 0 spiro atoms. The van der Waals surface area contributed by atoms with Crippen molar-refractivity contribution < 1.29 is 14.0 Å². The van der Waals surface area contributed by atoms with Gasteiger partial charge in [0, 0.05) is 23.6 Å². The molecule has 1 atom stereocenters. The van der Waals surface area contributed by atoms with Crippen LogP contribution in [0.2, 0.25) is 5.02 Å². The quantitative estimate of drug-likeness (QED) is 0.439. The summed E-state index contributed by atoms with van der Waals surface area (Å²) < 4.78 is 27.1. The number of rotatable bonds is 6. The van der Waals surface area contributed by atoms with E-state index < -0.39 is 11.4 Å². The second-order valence-electron chi connectivity index (χ2n) is 6.71. The lowest BCUT2D eigenvalue weighted by molar-refractivity contribution is -0.104. The largest absolute Gasteiger partial charge is 0.591 e. The van der Waals surface area contributed by atoms with Crippen LogP contribution in [0.25, 0.3) is 0 Å². The Kier molecular flexibility index (Phi) is 6.51. The Balaban J connectivity index is 2.16. The molecule has 0 aromatic heterocycles. The predicted molar refractivity (Wildman–Crippen MR) is 95.4 cm³/mol. The molecule has 0 unspecified atom stereocenters. The molecule has 0 saturated heterocycles. The van der Waals surface area contributed by atoms with Gasteiger partial charge in [0.2, 0.25) is 0 Å². The molecule has 1 aromatic carbocycles. The van der Waals surface area contributed by atoms with E-state index in [4.69, 9.17) is 21.1 Å². The predicted octanol–water partition coefficient (Wildman–Crippen LogP) is 3.99. The minimum Gasteiger partial charge on any atom is -0.591 e. The average Bonchev–Trinajstić information content (AvgIpc) is 2.44. The summed E-state index contributed by atoms with van der Waals surface area (Å²) in [5.74, 6) is 0.254. The molecule has 0 N–H and O–H groups in total. The molecule has 0 amide bonds. The van der Waals surface area contributed by atoms with Gasteiger partial charge < -0.3 is 14.0 Å². The van der Waals surface area contributed by atoms with Crippen LogP contribution in [0.5, 0.6) is 0 Å². The zero-order chi connectivity index (χ0) is 17.0. The van der Waals surface area contributed by atoms with Crippen LogP contribution >= 0.6 is 11.6 Å². The zero-order valence-corrected chi connectivity index (χ0v) is 15.6. The van der Waals surface area contributed by atoms with Gasteiger partial charge in [0.25, 0.3) is 0 Å². The Hall–Kier alpha value is -0.590. The lowest BCUT2D eigenvalue weighted by atomic mass is 9.77. The Labute approximate surface area is 146 Å². The van der Waals surface area contributed by atoms with Crippen molar-refractivity contribution in [2.75, 3.05) is 13.9 Å². The molecule has 1 fully saturated rings. The van der Waals surface area contributed by atoms with Gasteiger partial charge in [-0.05, 0) is 45.7 Å². The van der Waals surface area contributed by atoms with Crippen molar-refractivity contribution in [1.29, 1.82) is 0 Å². The van der Waals surface area contributed by atoms with E-state index in [2.05, 4.69) is 4.40 Å². The van der Waals surface area contributed by atoms with Gasteiger partial charge in [-0.25, -0.2) is 0 Å². The van der Waals surface area contributed by atoms with Crippen LogP contribution in [0.1, 0.15) is 39.2 Å². The van der Waals surface area contributed by atoms with Gasteiger partial charge in [-0.3, -0.25) is 0 Å². The highest BCUT2D eigenvalue weighted by molar-refractivity contribution is 7.91. The fraction of sp³-hybridized carbons (Fsp3) is 0.588. The second kappa shape index (κ2) is 7.99. The van der Waals surface area contributed by atoms with Crippen LogP contribution in [-0.2, 0) is 20.8 Å². The van der Waals surface area contributed by atoms with Crippen LogP contribution in [0, 0.1) is 5.92 Å². The molecule has 23 heavy (non-hydrogen) atoms. The van der Waals surface area contributed by atoms with E-state index in [1.807, 2.05) is 45.0 Å². The number of methoxy groups -OCH3 is 1. The van der Waals surface area contributed by atoms with Crippen LogP contribution < -0.4 is 0 Å². The molecule has 6 heteroatoms. The van der Waals surface area contributed by atoms with E-state index in [1.165, 1.54) is 0 Å². The third kappa shape index (κ3) is 5.19. The minimum absolute atomic E-state index is 0.181. The Morgan fingerprint density at radius 3 is 2.43 bits per heavy atom. The first-order valence-corrected chi connectivity index (χ1v) is 9.16. The summed E-state index contributed by atoms with van der Waals surface area (Å²) in [5, 5.41) is 0.681. The molecular weight excluding hydrogens is 334 g/mol. The number of hydrogen-bond acceptors (Lipinski definition) is 4. The summed E-state index contributed by atoms with van der Waals surface area (Å²) in [5.41, 5.74) is 1.86. The molecule has 1 aliphatic rings. The van der Waals surface area contributed by atoms with Crippen LogP contribution in [0.4, 0.5) is 0 Å². The van der Waals surface area contributed by atoms with Gasteiger partial charge in [-0.1, -0.05) is 28.1 Å². The average molecular weight is 358 g/mol. The lowest BCUT2D eigenvalue weighted by Gasteiger charge is -2.35. The van der Waals surface area contributed by atoms with E-state index in [0.717, 1.165) is 24.1 Å². The molecule has 4 nitrogen and oxygen atoms in total. The van der Waals surface area contributed by atoms with Gasteiger partial charge in [0.1, 0.15) is 28.6 Å². The summed E-state index contributed by atoms with van der Waals surface area (Å²) in [6, 6.07) is 7.54. The van der Waals surface area contributed by atoms with Gasteiger partial charge in [0.15, 0.2) is 0 Å². The van der Waals surface area contributed by atoms with Crippen LogP contribution in [0.3, 0.4) is 0 Å². The fourth-order valence-electron chi connectivity index (χ4n) is 2.30. The third-order valence-electron chi connectivity index (χ3n) is 3.75. The zero-order valence-electron chi connectivity index (χ0n) is 14.0. The first kappa shape index (κ1) is 18.7. The molecule has 1 aliphatic carbocycles. The van der Waals surface area contributed by atoms with Crippen LogP contribution in [0.15, 0.2) is 28.7 Å². The number of ether oxygens (including phenoxy) is 2. The molecule has 128 valence electrons. The topological polar surface area (TPSA) is 53.9 Å². The van der Waals surface area contributed by atoms with Crippen molar-refractivity contribution in [3.05, 3.63) is 34.9 Å². The van der Waals surface area contributed by atoms with E-state index in [-0.39, 0.29) is 16.8 Å². The maximum Gasteiger partial charge on any atom is 0.146 e. The number of halogens is 1. The van der Waals surface area contributed by atoms with Crippen molar-refractivity contribution in [3.63, 3.8) is 0 Å². The van der Waals surface area contributed by atoms with E-state index >= 15 is 0 Å². The first-order chi connectivity index (χ1) is 10.8. The van der Waals surface area contributed by atoms with Gasteiger partial charge in [-0.2, -0.15) is 0 Å². The Morgan fingerprint density at radius 2 is 1.91 bits per heavy atom. The van der Waals surface area contributed by atoms with Crippen molar-refractivity contribution in [3.8, 4) is 0 Å². The third-order valence-corrected chi connectivity index (χ3v) is 5.41. The summed E-state index contributed by atoms with van der Waals surface area (Å²) in [4.78, 5) is 0. The smallest absolute Gasteiger partial charge is 0.146 e. The highest BCUT2D eigenvalue weighted by atomic mass is 35.5.